The number of carbonyl (C=O) groups is 1. The van der Waals surface area contributed by atoms with Crippen molar-refractivity contribution in [2.75, 3.05) is 6.54 Å². The number of benzene rings is 1. The molecule has 0 fully saturated rings. The van der Waals surface area contributed by atoms with Crippen molar-refractivity contribution in [2.45, 2.75) is 38.6 Å². The highest BCUT2D eigenvalue weighted by atomic mass is 16.6. The van der Waals surface area contributed by atoms with Gasteiger partial charge in [-0.2, -0.15) is 0 Å². The van der Waals surface area contributed by atoms with E-state index in [0.717, 1.165) is 37.5 Å². The zero-order valence-corrected chi connectivity index (χ0v) is 13.3. The van der Waals surface area contributed by atoms with Crippen molar-refractivity contribution in [2.24, 2.45) is 0 Å². The Labute approximate surface area is 139 Å². The summed E-state index contributed by atoms with van der Waals surface area (Å²) in [5.74, 6) is 1.68. The van der Waals surface area contributed by atoms with Crippen LogP contribution in [0.15, 0.2) is 24.3 Å². The zero-order chi connectivity index (χ0) is 16.9. The van der Waals surface area contributed by atoms with E-state index in [9.17, 15) is 14.9 Å². The van der Waals surface area contributed by atoms with Crippen molar-refractivity contribution in [1.29, 1.82) is 0 Å². The molecular formula is C16H19N5O3. The predicted molar refractivity (Wildman–Crippen MR) is 86.7 cm³/mol. The fourth-order valence-electron chi connectivity index (χ4n) is 2.85. The maximum absolute atomic E-state index is 12.1. The average Bonchev–Trinajstić information content (AvgIpc) is 2.81. The van der Waals surface area contributed by atoms with Crippen LogP contribution in [0.1, 0.15) is 41.3 Å². The zero-order valence-electron chi connectivity index (χ0n) is 13.3. The van der Waals surface area contributed by atoms with E-state index in [1.165, 1.54) is 30.7 Å². The molecule has 8 heteroatoms. The lowest BCUT2D eigenvalue weighted by Gasteiger charge is -2.08. The summed E-state index contributed by atoms with van der Waals surface area (Å²) in [5, 5.41) is 21.9. The first-order valence-electron chi connectivity index (χ1n) is 8.09. The van der Waals surface area contributed by atoms with E-state index in [0.29, 0.717) is 18.5 Å². The molecule has 3 rings (SSSR count). The Kier molecular flexibility index (Phi) is 4.83. The highest BCUT2D eigenvalue weighted by molar-refractivity contribution is 5.94. The number of nitrogens with one attached hydrogen (secondary N) is 1. The lowest BCUT2D eigenvalue weighted by molar-refractivity contribution is -0.384. The van der Waals surface area contributed by atoms with Crippen LogP contribution in [0.2, 0.25) is 0 Å². The number of nitrogens with zero attached hydrogens (tertiary/aromatic N) is 4. The second kappa shape index (κ2) is 7.20. The van der Waals surface area contributed by atoms with Crippen molar-refractivity contribution in [1.82, 2.24) is 20.1 Å². The predicted octanol–water partition coefficient (Wildman–Crippen LogP) is 1.89. The van der Waals surface area contributed by atoms with Crippen molar-refractivity contribution in [3.63, 3.8) is 0 Å². The molecule has 8 nitrogen and oxygen atoms in total. The summed E-state index contributed by atoms with van der Waals surface area (Å²) < 4.78 is 2.16. The number of non-ortho nitro benzene ring substituents is 1. The van der Waals surface area contributed by atoms with Crippen LogP contribution in [0.4, 0.5) is 5.69 Å². The molecule has 1 aliphatic heterocycles. The van der Waals surface area contributed by atoms with Crippen molar-refractivity contribution in [3.05, 3.63) is 51.6 Å². The molecule has 2 heterocycles. The van der Waals surface area contributed by atoms with Gasteiger partial charge in [-0.05, 0) is 25.0 Å². The number of amides is 1. The SMILES string of the molecule is O=C(NCCc1nnc2n1CCCCC2)c1ccc([N+](=O)[O-])cc1. The first-order chi connectivity index (χ1) is 11.6. The quantitative estimate of drug-likeness (QED) is 0.666. The summed E-state index contributed by atoms with van der Waals surface area (Å²) in [7, 11) is 0. The summed E-state index contributed by atoms with van der Waals surface area (Å²) in [4.78, 5) is 22.2. The van der Waals surface area contributed by atoms with Gasteiger partial charge in [0.05, 0.1) is 4.92 Å². The Morgan fingerprint density at radius 1 is 1.21 bits per heavy atom. The lowest BCUT2D eigenvalue weighted by Crippen LogP contribution is -2.26. The van der Waals surface area contributed by atoms with E-state index in [2.05, 4.69) is 20.1 Å². The van der Waals surface area contributed by atoms with E-state index in [-0.39, 0.29) is 11.6 Å². The van der Waals surface area contributed by atoms with Crippen LogP contribution in [0, 0.1) is 10.1 Å². The molecule has 1 aromatic carbocycles. The van der Waals surface area contributed by atoms with Crippen molar-refractivity contribution >= 4 is 11.6 Å². The van der Waals surface area contributed by atoms with Crippen LogP contribution in [0.3, 0.4) is 0 Å². The largest absolute Gasteiger partial charge is 0.352 e. The molecule has 1 aromatic heterocycles. The molecule has 0 bridgehead atoms. The van der Waals surface area contributed by atoms with Crippen molar-refractivity contribution in [3.8, 4) is 0 Å². The number of aryl methyl sites for hydroxylation is 1. The number of fused-ring (bicyclic) bond motifs is 1. The number of hydrogen-bond acceptors (Lipinski definition) is 5. The van der Waals surface area contributed by atoms with E-state index < -0.39 is 4.92 Å². The molecule has 0 saturated heterocycles. The van der Waals surface area contributed by atoms with Gasteiger partial charge in [0, 0.05) is 43.6 Å². The first-order valence-corrected chi connectivity index (χ1v) is 8.09. The molecule has 0 unspecified atom stereocenters. The Balaban J connectivity index is 1.55. The minimum Gasteiger partial charge on any atom is -0.352 e. The molecule has 1 aliphatic rings. The summed E-state index contributed by atoms with van der Waals surface area (Å²) >= 11 is 0. The third-order valence-electron chi connectivity index (χ3n) is 4.16. The number of hydrogen-bond donors (Lipinski definition) is 1. The minimum atomic E-state index is -0.487. The summed E-state index contributed by atoms with van der Waals surface area (Å²) in [6.07, 6.45) is 5.07. The molecule has 0 spiro atoms. The number of nitro benzene ring substituents is 1. The molecular weight excluding hydrogens is 310 g/mol. The van der Waals surface area contributed by atoms with Crippen LogP contribution in [0.5, 0.6) is 0 Å². The Morgan fingerprint density at radius 3 is 2.75 bits per heavy atom. The van der Waals surface area contributed by atoms with E-state index >= 15 is 0 Å². The van der Waals surface area contributed by atoms with Gasteiger partial charge >= 0.3 is 0 Å². The number of carbonyl (C=O) groups excluding carboxylic acids is 1. The molecule has 24 heavy (non-hydrogen) atoms. The van der Waals surface area contributed by atoms with Crippen LogP contribution in [0.25, 0.3) is 0 Å². The van der Waals surface area contributed by atoms with Gasteiger partial charge in [-0.15, -0.1) is 10.2 Å². The van der Waals surface area contributed by atoms with Gasteiger partial charge in [-0.1, -0.05) is 6.42 Å². The number of nitro groups is 1. The van der Waals surface area contributed by atoms with E-state index in [1.54, 1.807) is 0 Å². The minimum absolute atomic E-state index is 0.0299. The van der Waals surface area contributed by atoms with Gasteiger partial charge in [0.2, 0.25) is 0 Å². The lowest BCUT2D eigenvalue weighted by atomic mass is 10.2. The summed E-state index contributed by atoms with van der Waals surface area (Å²) in [6.45, 7) is 1.39. The maximum atomic E-state index is 12.1. The normalized spacial score (nSPS) is 13.8. The number of rotatable bonds is 5. The average molecular weight is 329 g/mol. The smallest absolute Gasteiger partial charge is 0.269 e. The van der Waals surface area contributed by atoms with Crippen LogP contribution < -0.4 is 5.32 Å². The Morgan fingerprint density at radius 2 is 2.00 bits per heavy atom. The molecule has 0 saturated carbocycles. The third-order valence-corrected chi connectivity index (χ3v) is 4.16. The van der Waals surface area contributed by atoms with E-state index in [1.807, 2.05) is 0 Å². The molecule has 1 amide bonds. The fraction of sp³-hybridized carbons (Fsp3) is 0.438. The van der Waals surface area contributed by atoms with Gasteiger partial charge in [0.25, 0.3) is 11.6 Å². The van der Waals surface area contributed by atoms with Crippen molar-refractivity contribution < 1.29 is 9.72 Å². The Bertz CT molecular complexity index is 739. The van der Waals surface area contributed by atoms with Crippen LogP contribution in [-0.4, -0.2) is 32.1 Å². The first kappa shape index (κ1) is 16.1. The van der Waals surface area contributed by atoms with Crippen LogP contribution >= 0.6 is 0 Å². The Hall–Kier alpha value is -2.77. The molecule has 126 valence electrons. The second-order valence-electron chi connectivity index (χ2n) is 5.80. The highest BCUT2D eigenvalue weighted by Gasteiger charge is 2.15. The fourth-order valence-corrected chi connectivity index (χ4v) is 2.85. The van der Waals surface area contributed by atoms with Crippen LogP contribution in [-0.2, 0) is 19.4 Å². The summed E-state index contributed by atoms with van der Waals surface area (Å²) in [6, 6.07) is 5.56. The van der Waals surface area contributed by atoms with Gasteiger partial charge in [-0.3, -0.25) is 14.9 Å². The molecule has 0 radical (unpaired) electrons. The molecule has 1 N–H and O–H groups in total. The maximum Gasteiger partial charge on any atom is 0.269 e. The number of aromatic nitrogens is 3. The van der Waals surface area contributed by atoms with Gasteiger partial charge in [0.15, 0.2) is 0 Å². The highest BCUT2D eigenvalue weighted by Crippen LogP contribution is 2.15. The van der Waals surface area contributed by atoms with E-state index in [4.69, 9.17) is 0 Å². The molecule has 0 atom stereocenters. The molecule has 0 aliphatic carbocycles. The van der Waals surface area contributed by atoms with Gasteiger partial charge in [-0.25, -0.2) is 0 Å². The standard InChI is InChI=1S/C16H19N5O3/c22-16(12-5-7-13(8-6-12)21(23)24)17-10-9-15-19-18-14-4-2-1-3-11-20(14)15/h5-8H,1-4,9-11H2,(H,17,22). The molecule has 2 aromatic rings. The van der Waals surface area contributed by atoms with Gasteiger partial charge < -0.3 is 9.88 Å². The monoisotopic (exact) mass is 329 g/mol. The summed E-state index contributed by atoms with van der Waals surface area (Å²) in [5.41, 5.74) is 0.373. The topological polar surface area (TPSA) is 103 Å². The second-order valence-corrected chi connectivity index (χ2v) is 5.80. The third kappa shape index (κ3) is 3.58. The van der Waals surface area contributed by atoms with Gasteiger partial charge in [0.1, 0.15) is 11.6 Å².